The Kier molecular flexibility index (Phi) is 11.5. The smallest absolute Gasteiger partial charge is 0.243 e. The van der Waals surface area contributed by atoms with Crippen LogP contribution in [-0.4, -0.2) is 101 Å². The number of rotatable bonds is 6. The summed E-state index contributed by atoms with van der Waals surface area (Å²) < 4.78 is 87.9. The van der Waals surface area contributed by atoms with Gasteiger partial charge in [-0.25, -0.2) is 25.3 Å². The van der Waals surface area contributed by atoms with Crippen LogP contribution in [0.15, 0.2) is 87.5 Å². The molecule has 2 amide bonds. The number of amides is 2. The molecule has 3 aliphatic rings. The van der Waals surface area contributed by atoms with E-state index < -0.39 is 93.2 Å². The summed E-state index contributed by atoms with van der Waals surface area (Å²) in [5.41, 5.74) is 2.48. The van der Waals surface area contributed by atoms with Crippen LogP contribution in [0.5, 0.6) is 0 Å². The maximum atomic E-state index is 14.2. The number of aryl methyl sites for hydroxylation is 3. The number of carbonyl (C=O) groups excluding carboxylic acids is 2. The van der Waals surface area contributed by atoms with E-state index in [0.717, 1.165) is 55.3 Å². The van der Waals surface area contributed by atoms with Gasteiger partial charge in [-0.1, -0.05) is 65.9 Å². The van der Waals surface area contributed by atoms with Crippen molar-refractivity contribution in [2.75, 3.05) is 39.3 Å². The normalized spacial score (nSPS) is 24.7. The maximum absolute atomic E-state index is 14.2. The predicted molar refractivity (Wildman–Crippen MR) is 199 cm³/mol. The third-order valence-corrected chi connectivity index (χ3v) is 16.3. The van der Waals surface area contributed by atoms with Crippen molar-refractivity contribution in [3.8, 4) is 0 Å². The van der Waals surface area contributed by atoms with Crippen molar-refractivity contribution in [1.29, 1.82) is 0 Å². The van der Waals surface area contributed by atoms with Crippen LogP contribution in [0.4, 0.5) is 0 Å². The molecule has 53 heavy (non-hydrogen) atoms. The van der Waals surface area contributed by atoms with Gasteiger partial charge < -0.3 is 10.6 Å². The van der Waals surface area contributed by atoms with E-state index in [-0.39, 0.29) is 26.5 Å². The molecule has 3 aromatic rings. The number of carbonyl (C=O) groups is 2. The van der Waals surface area contributed by atoms with E-state index >= 15 is 0 Å². The van der Waals surface area contributed by atoms with Crippen LogP contribution in [-0.2, 0) is 39.7 Å². The molecule has 2 aliphatic carbocycles. The summed E-state index contributed by atoms with van der Waals surface area (Å²) in [7, 11) is -12.9. The van der Waals surface area contributed by atoms with Crippen molar-refractivity contribution in [3.63, 3.8) is 0 Å². The van der Waals surface area contributed by atoms with Crippen LogP contribution >= 0.6 is 0 Å². The molecule has 4 atom stereocenters. The van der Waals surface area contributed by atoms with E-state index in [1.54, 1.807) is 43.3 Å². The van der Waals surface area contributed by atoms with Gasteiger partial charge in [0.15, 0.2) is 0 Å². The molecule has 1 aliphatic heterocycles. The summed E-state index contributed by atoms with van der Waals surface area (Å²) in [6.45, 7) is 2.64. The summed E-state index contributed by atoms with van der Waals surface area (Å²) in [5, 5.41) is 5.98. The lowest BCUT2D eigenvalue weighted by Gasteiger charge is -2.55. The standard InChI is InChI=1S/C37H47N5O8S3/c1-26-8-14-29(15-9-26)51(45,46)40-20-22-41(52(47,48)30-16-10-27(2)11-17-30)24-34(43)38-36-32-6-4-5-7-33(32)37(36)39-35(44)25-42(23-21-40)53(49,50)31-18-12-28(3)13-19-31/h8-19,32-33,36-37H,4-7,20-25H2,1-3H3,(H,38,43)(H,39,44). The van der Waals surface area contributed by atoms with Crippen molar-refractivity contribution in [1.82, 2.24) is 23.5 Å². The molecule has 2 saturated carbocycles. The highest BCUT2D eigenvalue weighted by Crippen LogP contribution is 2.45. The second kappa shape index (κ2) is 15.6. The molecule has 16 heteroatoms. The third-order valence-electron chi connectivity index (χ3n) is 10.7. The van der Waals surface area contributed by atoms with Gasteiger partial charge in [0.25, 0.3) is 0 Å². The monoisotopic (exact) mass is 785 g/mol. The van der Waals surface area contributed by atoms with E-state index in [1.807, 2.05) is 13.8 Å². The second-order valence-corrected chi connectivity index (χ2v) is 20.1. The SMILES string of the molecule is Cc1ccc(S(=O)(=O)N2CCN(S(=O)(=O)c3ccc(C)cc3)CC(=O)NC3C4CCCCC4C3NC(=O)CN(S(=O)(=O)c3ccc(C)cc3)CC2)cc1. The Labute approximate surface area is 312 Å². The van der Waals surface area contributed by atoms with Crippen LogP contribution in [0.3, 0.4) is 0 Å². The number of nitrogens with zero attached hydrogens (tertiary/aromatic N) is 3. The zero-order valence-corrected chi connectivity index (χ0v) is 32.6. The van der Waals surface area contributed by atoms with E-state index in [2.05, 4.69) is 10.6 Å². The molecule has 286 valence electrons. The average molecular weight is 786 g/mol. The van der Waals surface area contributed by atoms with Gasteiger partial charge in [0.2, 0.25) is 41.9 Å². The number of hydrogen-bond acceptors (Lipinski definition) is 8. The first-order chi connectivity index (χ1) is 25.1. The lowest BCUT2D eigenvalue weighted by Crippen LogP contribution is -2.70. The Bertz CT molecular complexity index is 2030. The van der Waals surface area contributed by atoms with Crippen molar-refractivity contribution in [3.05, 3.63) is 89.5 Å². The molecule has 0 aromatic heterocycles. The quantitative estimate of drug-likeness (QED) is 0.385. The molecule has 6 rings (SSSR count). The molecule has 0 bridgehead atoms. The van der Waals surface area contributed by atoms with Crippen LogP contribution in [0.25, 0.3) is 0 Å². The minimum Gasteiger partial charge on any atom is -0.350 e. The molecule has 4 unspecified atom stereocenters. The first-order valence-corrected chi connectivity index (χ1v) is 22.2. The molecule has 3 aromatic carbocycles. The maximum Gasteiger partial charge on any atom is 0.243 e. The molecular weight excluding hydrogens is 739 g/mol. The lowest BCUT2D eigenvalue weighted by atomic mass is 9.58. The Morgan fingerprint density at radius 2 is 0.755 bits per heavy atom. The fourth-order valence-electron chi connectivity index (χ4n) is 7.59. The highest BCUT2D eigenvalue weighted by molar-refractivity contribution is 7.89. The van der Waals surface area contributed by atoms with Gasteiger partial charge in [0.05, 0.1) is 39.9 Å². The first kappa shape index (κ1) is 39.0. The number of sulfonamides is 3. The Balaban J connectivity index is 1.41. The minimum atomic E-state index is -4.33. The summed E-state index contributed by atoms with van der Waals surface area (Å²) in [5.74, 6) is -1.03. The number of hydrogen-bond donors (Lipinski definition) is 2. The summed E-state index contributed by atoms with van der Waals surface area (Å²) in [6.07, 6.45) is 3.56. The van der Waals surface area contributed by atoms with Crippen LogP contribution < -0.4 is 10.6 Å². The van der Waals surface area contributed by atoms with Gasteiger partial charge in [-0.2, -0.15) is 12.9 Å². The minimum absolute atomic E-state index is 0.0572. The van der Waals surface area contributed by atoms with Crippen molar-refractivity contribution in [2.24, 2.45) is 11.8 Å². The van der Waals surface area contributed by atoms with E-state index in [1.165, 1.54) is 36.4 Å². The van der Waals surface area contributed by atoms with Gasteiger partial charge in [-0.3, -0.25) is 9.59 Å². The number of nitrogens with one attached hydrogen (secondary N) is 2. The third kappa shape index (κ3) is 8.37. The first-order valence-electron chi connectivity index (χ1n) is 17.9. The molecule has 0 radical (unpaired) electrons. The zero-order chi connectivity index (χ0) is 38.1. The number of fused-ring (bicyclic) bond motifs is 4. The lowest BCUT2D eigenvalue weighted by molar-refractivity contribution is -0.130. The van der Waals surface area contributed by atoms with Gasteiger partial charge in [0, 0.05) is 26.2 Å². The molecule has 1 heterocycles. The predicted octanol–water partition coefficient (Wildman–Crippen LogP) is 2.79. The Hall–Kier alpha value is -3.67. The van der Waals surface area contributed by atoms with Gasteiger partial charge in [-0.05, 0) is 81.8 Å². The average Bonchev–Trinajstić information content (AvgIpc) is 3.12. The van der Waals surface area contributed by atoms with Gasteiger partial charge >= 0.3 is 0 Å². The zero-order valence-electron chi connectivity index (χ0n) is 30.1. The Morgan fingerprint density at radius 1 is 0.472 bits per heavy atom. The van der Waals surface area contributed by atoms with Gasteiger partial charge in [0.1, 0.15) is 0 Å². The Morgan fingerprint density at radius 3 is 1.08 bits per heavy atom. The molecule has 0 spiro atoms. The molecule has 1 saturated heterocycles. The topological polar surface area (TPSA) is 170 Å². The van der Waals surface area contributed by atoms with Crippen molar-refractivity contribution < 1.29 is 34.8 Å². The van der Waals surface area contributed by atoms with Crippen molar-refractivity contribution in [2.45, 2.75) is 73.2 Å². The fraction of sp³-hybridized carbons (Fsp3) is 0.459. The number of benzene rings is 3. The van der Waals surface area contributed by atoms with E-state index in [9.17, 15) is 34.8 Å². The van der Waals surface area contributed by atoms with Crippen LogP contribution in [0, 0.1) is 32.6 Å². The molecular formula is C37H47N5O8S3. The van der Waals surface area contributed by atoms with Crippen LogP contribution in [0.2, 0.25) is 0 Å². The van der Waals surface area contributed by atoms with Crippen LogP contribution in [0.1, 0.15) is 42.4 Å². The molecule has 2 N–H and O–H groups in total. The van der Waals surface area contributed by atoms with E-state index in [0.29, 0.717) is 0 Å². The largest absolute Gasteiger partial charge is 0.350 e. The second-order valence-electron chi connectivity index (χ2n) is 14.3. The van der Waals surface area contributed by atoms with Gasteiger partial charge in [-0.15, -0.1) is 0 Å². The summed E-state index contributed by atoms with van der Waals surface area (Å²) in [6, 6.07) is 17.5. The summed E-state index contributed by atoms with van der Waals surface area (Å²) >= 11 is 0. The highest BCUT2D eigenvalue weighted by atomic mass is 32.2. The van der Waals surface area contributed by atoms with Crippen molar-refractivity contribution >= 4 is 41.9 Å². The summed E-state index contributed by atoms with van der Waals surface area (Å²) in [4.78, 5) is 27.3. The van der Waals surface area contributed by atoms with E-state index in [4.69, 9.17) is 0 Å². The molecule has 3 fully saturated rings. The molecule has 13 nitrogen and oxygen atoms in total. The fourth-order valence-corrected chi connectivity index (χ4v) is 11.8. The highest BCUT2D eigenvalue weighted by Gasteiger charge is 2.52.